The second-order valence-electron chi connectivity index (χ2n) is 7.00. The highest BCUT2D eigenvalue weighted by molar-refractivity contribution is 5.89. The number of rotatable bonds is 8. The molecule has 0 saturated heterocycles. The van der Waals surface area contributed by atoms with E-state index in [0.717, 1.165) is 40.1 Å². The number of benzene rings is 1. The van der Waals surface area contributed by atoms with Crippen molar-refractivity contribution in [3.05, 3.63) is 71.7 Å². The van der Waals surface area contributed by atoms with Crippen LogP contribution >= 0.6 is 0 Å². The molecule has 158 valence electrons. The van der Waals surface area contributed by atoms with Crippen molar-refractivity contribution in [3.8, 4) is 11.5 Å². The fourth-order valence-electron chi connectivity index (χ4n) is 3.41. The largest absolute Gasteiger partial charge is 0.497 e. The maximum Gasteiger partial charge on any atom is 0.226 e. The molecule has 0 atom stereocenters. The minimum Gasteiger partial charge on any atom is -0.497 e. The van der Waals surface area contributed by atoms with Crippen LogP contribution in [-0.2, 0) is 12.8 Å². The summed E-state index contributed by atoms with van der Waals surface area (Å²) < 4.78 is 10.8. The Hall–Kier alpha value is -3.94. The number of ether oxygens (including phenoxy) is 2. The highest BCUT2D eigenvalue weighted by Gasteiger charge is 2.12. The van der Waals surface area contributed by atoms with Crippen LogP contribution in [0.3, 0.4) is 0 Å². The van der Waals surface area contributed by atoms with E-state index in [1.807, 2.05) is 42.5 Å². The number of pyridine rings is 2. The quantitative estimate of drug-likeness (QED) is 0.451. The maximum atomic E-state index is 6.31. The van der Waals surface area contributed by atoms with Crippen LogP contribution in [0, 0.1) is 0 Å². The molecule has 31 heavy (non-hydrogen) atoms. The second kappa shape index (κ2) is 9.25. The molecule has 0 amide bonds. The lowest BCUT2D eigenvalue weighted by Crippen LogP contribution is -2.11. The van der Waals surface area contributed by atoms with Crippen molar-refractivity contribution in [2.24, 2.45) is 0 Å². The first-order valence-corrected chi connectivity index (χ1v) is 9.93. The summed E-state index contributed by atoms with van der Waals surface area (Å²) in [5.41, 5.74) is 9.88. The molecule has 0 saturated carbocycles. The van der Waals surface area contributed by atoms with E-state index < -0.39 is 0 Å². The Balaban J connectivity index is 1.57. The average Bonchev–Trinajstić information content (AvgIpc) is 2.79. The average molecular weight is 416 g/mol. The topological polar surface area (TPSA) is 108 Å². The first kappa shape index (κ1) is 20.3. The van der Waals surface area contributed by atoms with Crippen LogP contribution in [0.1, 0.15) is 16.8 Å². The number of aromatic nitrogens is 4. The summed E-state index contributed by atoms with van der Waals surface area (Å²) >= 11 is 0. The van der Waals surface area contributed by atoms with Gasteiger partial charge in [0.2, 0.25) is 5.95 Å². The van der Waals surface area contributed by atoms with Crippen LogP contribution in [0.25, 0.3) is 11.0 Å². The lowest BCUT2D eigenvalue weighted by Gasteiger charge is -2.12. The fraction of sp³-hybridized carbons (Fsp3) is 0.217. The van der Waals surface area contributed by atoms with Gasteiger partial charge in [0.1, 0.15) is 17.3 Å². The summed E-state index contributed by atoms with van der Waals surface area (Å²) in [7, 11) is 3.27. The minimum absolute atomic E-state index is 0.392. The summed E-state index contributed by atoms with van der Waals surface area (Å²) in [5, 5.41) is 3.96. The van der Waals surface area contributed by atoms with Gasteiger partial charge in [0, 0.05) is 37.1 Å². The smallest absolute Gasteiger partial charge is 0.226 e. The molecule has 0 bridgehead atoms. The van der Waals surface area contributed by atoms with Crippen molar-refractivity contribution in [3.63, 3.8) is 0 Å². The third-order valence-electron chi connectivity index (χ3n) is 4.91. The van der Waals surface area contributed by atoms with Crippen molar-refractivity contribution >= 4 is 22.8 Å². The molecular formula is C23H24N6O2. The summed E-state index contributed by atoms with van der Waals surface area (Å²) in [4.78, 5) is 17.7. The summed E-state index contributed by atoms with van der Waals surface area (Å²) in [5.74, 6) is 2.31. The Morgan fingerprint density at radius 1 is 0.935 bits per heavy atom. The molecule has 0 unspecified atom stereocenters. The van der Waals surface area contributed by atoms with Crippen LogP contribution in [-0.4, -0.2) is 40.7 Å². The van der Waals surface area contributed by atoms with Gasteiger partial charge in [-0.1, -0.05) is 6.07 Å². The molecular weight excluding hydrogens is 392 g/mol. The van der Waals surface area contributed by atoms with Crippen molar-refractivity contribution in [2.75, 3.05) is 31.8 Å². The Morgan fingerprint density at radius 2 is 1.74 bits per heavy atom. The Kier molecular flexibility index (Phi) is 6.07. The predicted molar refractivity (Wildman–Crippen MR) is 121 cm³/mol. The number of anilines is 2. The lowest BCUT2D eigenvalue weighted by atomic mass is 10.0. The van der Waals surface area contributed by atoms with E-state index in [1.54, 1.807) is 26.6 Å². The summed E-state index contributed by atoms with van der Waals surface area (Å²) in [6.07, 6.45) is 4.89. The second-order valence-corrected chi connectivity index (χ2v) is 7.00. The fourth-order valence-corrected chi connectivity index (χ4v) is 3.41. The number of nitrogens with two attached hydrogens (primary N) is 1. The van der Waals surface area contributed by atoms with E-state index in [-0.39, 0.29) is 0 Å². The molecule has 4 rings (SSSR count). The standard InChI is InChI=1S/C23H24N6O2/c1-30-18-12-15(13-19(14-18)31-2)11-16-6-9-26-22-20(16)21(24)28-23(29-22)27-10-7-17-5-3-4-8-25-17/h3-6,8-9,12-14H,7,10-11H2,1-2H3,(H3,24,26,27,28,29). The van der Waals surface area contributed by atoms with Gasteiger partial charge >= 0.3 is 0 Å². The molecule has 0 aliphatic carbocycles. The summed E-state index contributed by atoms with van der Waals surface area (Å²) in [6.45, 7) is 0.644. The first-order valence-electron chi connectivity index (χ1n) is 9.93. The number of hydrogen-bond acceptors (Lipinski definition) is 8. The van der Waals surface area contributed by atoms with Gasteiger partial charge in [0.15, 0.2) is 5.65 Å². The SMILES string of the molecule is COc1cc(Cc2ccnc3nc(NCCc4ccccn4)nc(N)c23)cc(OC)c1. The van der Waals surface area contributed by atoms with E-state index in [1.165, 1.54) is 0 Å². The van der Waals surface area contributed by atoms with Crippen LogP contribution in [0.2, 0.25) is 0 Å². The van der Waals surface area contributed by atoms with Crippen LogP contribution in [0.15, 0.2) is 54.9 Å². The molecule has 0 aliphatic rings. The number of fused-ring (bicyclic) bond motifs is 1. The van der Waals surface area contributed by atoms with Gasteiger partial charge < -0.3 is 20.5 Å². The molecule has 1 aromatic carbocycles. The third-order valence-corrected chi connectivity index (χ3v) is 4.91. The molecule has 0 aliphatic heterocycles. The van der Waals surface area contributed by atoms with Crippen LogP contribution < -0.4 is 20.5 Å². The summed E-state index contributed by atoms with van der Waals surface area (Å²) in [6, 6.07) is 13.6. The number of nitrogens with zero attached hydrogens (tertiary/aromatic N) is 4. The van der Waals surface area contributed by atoms with Gasteiger partial charge in [0.25, 0.3) is 0 Å². The van der Waals surface area contributed by atoms with E-state index in [4.69, 9.17) is 15.2 Å². The van der Waals surface area contributed by atoms with Gasteiger partial charge in [-0.05, 0) is 47.9 Å². The zero-order valence-corrected chi connectivity index (χ0v) is 17.5. The predicted octanol–water partition coefficient (Wildman–Crippen LogP) is 3.26. The minimum atomic E-state index is 0.392. The molecule has 8 nitrogen and oxygen atoms in total. The Bertz CT molecular complexity index is 1160. The zero-order valence-electron chi connectivity index (χ0n) is 17.5. The first-order chi connectivity index (χ1) is 15.2. The van der Waals surface area contributed by atoms with E-state index in [0.29, 0.717) is 30.4 Å². The van der Waals surface area contributed by atoms with Gasteiger partial charge in [-0.2, -0.15) is 9.97 Å². The Labute approximate surface area is 180 Å². The number of hydrogen-bond donors (Lipinski definition) is 2. The molecule has 3 heterocycles. The van der Waals surface area contributed by atoms with Crippen LogP contribution in [0.4, 0.5) is 11.8 Å². The molecule has 3 N–H and O–H groups in total. The normalized spacial score (nSPS) is 10.8. The monoisotopic (exact) mass is 416 g/mol. The molecule has 0 fully saturated rings. The van der Waals surface area contributed by atoms with Gasteiger partial charge in [-0.25, -0.2) is 4.98 Å². The molecule has 4 aromatic rings. The van der Waals surface area contributed by atoms with Crippen molar-refractivity contribution in [2.45, 2.75) is 12.8 Å². The van der Waals surface area contributed by atoms with E-state index in [9.17, 15) is 0 Å². The number of nitrogens with one attached hydrogen (secondary N) is 1. The highest BCUT2D eigenvalue weighted by atomic mass is 16.5. The van der Waals surface area contributed by atoms with Crippen molar-refractivity contribution < 1.29 is 9.47 Å². The molecule has 0 spiro atoms. The van der Waals surface area contributed by atoms with Gasteiger partial charge in [-0.3, -0.25) is 4.98 Å². The zero-order chi connectivity index (χ0) is 21.6. The highest BCUT2D eigenvalue weighted by Crippen LogP contribution is 2.28. The molecule has 0 radical (unpaired) electrons. The number of nitrogen functional groups attached to an aromatic ring is 1. The maximum absolute atomic E-state index is 6.31. The van der Waals surface area contributed by atoms with Crippen LogP contribution in [0.5, 0.6) is 11.5 Å². The van der Waals surface area contributed by atoms with E-state index in [2.05, 4.69) is 25.3 Å². The molecule has 3 aromatic heterocycles. The van der Waals surface area contributed by atoms with E-state index >= 15 is 0 Å². The third kappa shape index (κ3) is 4.80. The van der Waals surface area contributed by atoms with Gasteiger partial charge in [-0.15, -0.1) is 0 Å². The Morgan fingerprint density at radius 3 is 2.45 bits per heavy atom. The number of methoxy groups -OCH3 is 2. The van der Waals surface area contributed by atoms with Gasteiger partial charge in [0.05, 0.1) is 19.6 Å². The van der Waals surface area contributed by atoms with Crippen molar-refractivity contribution in [1.29, 1.82) is 0 Å². The lowest BCUT2D eigenvalue weighted by molar-refractivity contribution is 0.393. The molecule has 8 heteroatoms. The van der Waals surface area contributed by atoms with Crippen molar-refractivity contribution in [1.82, 2.24) is 19.9 Å².